The van der Waals surface area contributed by atoms with Crippen LogP contribution in [0.15, 0.2) is 47.8 Å². The highest BCUT2D eigenvalue weighted by Gasteiger charge is 2.47. The first-order valence-corrected chi connectivity index (χ1v) is 18.5. The molecule has 4 N–H and O–H groups in total. The minimum atomic E-state index is -4.62. The monoisotopic (exact) mass is 740 g/mol. The molecule has 0 aliphatic heterocycles. The number of nitrogens with one attached hydrogen (secondary N) is 2. The van der Waals surface area contributed by atoms with Crippen LogP contribution in [0.25, 0.3) is 10.9 Å². The molecule has 0 spiro atoms. The Bertz CT molecular complexity index is 1970. The number of halogens is 4. The van der Waals surface area contributed by atoms with Gasteiger partial charge in [-0.05, 0) is 47.9 Å². The van der Waals surface area contributed by atoms with Crippen LogP contribution in [0.3, 0.4) is 0 Å². The predicted molar refractivity (Wildman–Crippen MR) is 191 cm³/mol. The van der Waals surface area contributed by atoms with Gasteiger partial charge in [0, 0.05) is 54.0 Å². The van der Waals surface area contributed by atoms with Gasteiger partial charge in [-0.1, -0.05) is 70.9 Å². The minimum absolute atomic E-state index is 0.0611. The number of rotatable bonds is 15. The van der Waals surface area contributed by atoms with E-state index in [1.165, 1.54) is 35.6 Å². The molecule has 278 valence electrons. The van der Waals surface area contributed by atoms with Crippen molar-refractivity contribution in [2.45, 2.75) is 96.7 Å². The Morgan fingerprint density at radius 2 is 1.73 bits per heavy atom. The number of nitrogens with zero attached hydrogens (tertiary/aromatic N) is 1. The summed E-state index contributed by atoms with van der Waals surface area (Å²) >= 11 is 1.22. The van der Waals surface area contributed by atoms with Crippen LogP contribution in [0.1, 0.15) is 104 Å². The van der Waals surface area contributed by atoms with Gasteiger partial charge in [-0.3, -0.25) is 19.2 Å². The lowest BCUT2D eigenvalue weighted by atomic mass is 9.72. The normalized spacial score (nSPS) is 18.3. The molecule has 0 saturated carbocycles. The summed E-state index contributed by atoms with van der Waals surface area (Å²) in [4.78, 5) is 61.8. The highest BCUT2D eigenvalue weighted by molar-refractivity contribution is 7.10. The fourth-order valence-electron chi connectivity index (χ4n) is 7.24. The first-order valence-electron chi connectivity index (χ1n) is 17.6. The number of Topliss-reactive ketones (excluding diaryl/α,β-unsaturated/α-hetero) is 2. The van der Waals surface area contributed by atoms with Crippen molar-refractivity contribution in [3.8, 4) is 0 Å². The zero-order valence-electron chi connectivity index (χ0n) is 29.7. The molecule has 0 radical (unpaired) electrons. The van der Waals surface area contributed by atoms with Crippen molar-refractivity contribution >= 4 is 45.6 Å². The molecule has 5 rings (SSSR count). The summed E-state index contributed by atoms with van der Waals surface area (Å²) < 4.78 is 56.6. The zero-order chi connectivity index (χ0) is 38.0. The molecule has 1 aliphatic carbocycles. The van der Waals surface area contributed by atoms with Crippen LogP contribution < -0.4 is 11.1 Å². The molecular formula is C39H44F4N4O4S. The van der Waals surface area contributed by atoms with Crippen molar-refractivity contribution < 1.29 is 36.7 Å². The Hall–Kier alpha value is -4.39. The predicted octanol–water partition coefficient (Wildman–Crippen LogP) is 7.88. The van der Waals surface area contributed by atoms with Crippen LogP contribution in [0.2, 0.25) is 0 Å². The van der Waals surface area contributed by atoms with Gasteiger partial charge in [-0.15, -0.1) is 11.3 Å². The van der Waals surface area contributed by atoms with Crippen molar-refractivity contribution in [2.24, 2.45) is 23.5 Å². The van der Waals surface area contributed by atoms with Crippen molar-refractivity contribution in [2.75, 3.05) is 0 Å². The second-order valence-corrected chi connectivity index (χ2v) is 15.0. The van der Waals surface area contributed by atoms with Crippen LogP contribution in [-0.4, -0.2) is 38.9 Å². The molecule has 5 atom stereocenters. The average molecular weight is 741 g/mol. The molecule has 2 aromatic carbocycles. The highest BCUT2D eigenvalue weighted by atomic mass is 32.1. The number of H-pyrrole nitrogens is 1. The number of carbonyl (C=O) groups is 4. The summed E-state index contributed by atoms with van der Waals surface area (Å²) in [6, 6.07) is 9.86. The molecule has 2 heterocycles. The van der Waals surface area contributed by atoms with E-state index in [9.17, 15) is 36.7 Å². The van der Waals surface area contributed by atoms with Gasteiger partial charge >= 0.3 is 6.18 Å². The third kappa shape index (κ3) is 8.14. The maximum Gasteiger partial charge on any atom is 0.418 e. The molecule has 52 heavy (non-hydrogen) atoms. The van der Waals surface area contributed by atoms with Crippen LogP contribution in [0, 0.1) is 23.6 Å². The standard InChI is InChI=1S/C39H44F4N4O4S/c1-5-21(3)26(17-24(48)16-23-10-7-8-13-30(23)40)36(51)47-38(33(49)18-27(22(4)6-2)37-46-32(20-52-37)35(44)50)15-14-31-28(19-38)25-11-9-12-29(34(25)45-31)39(41,42)43/h7-13,20-22,26-27,45H,5-6,14-19H2,1-4H3,(H2,44,50)(H,47,51)/t21-,22-,26-,27-,38+/m0/s1. The van der Waals surface area contributed by atoms with E-state index in [-0.39, 0.29) is 78.7 Å². The maximum atomic E-state index is 14.8. The smallest absolute Gasteiger partial charge is 0.364 e. The van der Waals surface area contributed by atoms with Crippen molar-refractivity contribution in [1.29, 1.82) is 0 Å². The Balaban J connectivity index is 1.53. The van der Waals surface area contributed by atoms with E-state index in [2.05, 4.69) is 15.3 Å². The quantitative estimate of drug-likeness (QED) is 0.107. The third-order valence-electron chi connectivity index (χ3n) is 10.8. The number of primary amides is 1. The van der Waals surface area contributed by atoms with E-state index in [0.29, 0.717) is 34.5 Å². The van der Waals surface area contributed by atoms with E-state index in [1.807, 2.05) is 27.7 Å². The summed E-state index contributed by atoms with van der Waals surface area (Å²) in [5.41, 5.74) is 4.43. The zero-order valence-corrected chi connectivity index (χ0v) is 30.5. The summed E-state index contributed by atoms with van der Waals surface area (Å²) in [5.74, 6) is -4.02. The number of ketones is 2. The van der Waals surface area contributed by atoms with E-state index in [4.69, 9.17) is 5.73 Å². The number of hydrogen-bond donors (Lipinski definition) is 3. The lowest BCUT2D eigenvalue weighted by Gasteiger charge is -2.39. The van der Waals surface area contributed by atoms with Crippen molar-refractivity contribution in [3.05, 3.63) is 86.7 Å². The molecule has 0 unspecified atom stereocenters. The largest absolute Gasteiger partial charge is 0.418 e. The third-order valence-corrected chi connectivity index (χ3v) is 11.8. The summed E-state index contributed by atoms with van der Waals surface area (Å²) in [6.07, 6.45) is -3.62. The van der Waals surface area contributed by atoms with E-state index in [0.717, 1.165) is 6.07 Å². The molecule has 2 aromatic heterocycles. The summed E-state index contributed by atoms with van der Waals surface area (Å²) in [6.45, 7) is 7.65. The molecule has 0 bridgehead atoms. The maximum absolute atomic E-state index is 14.8. The van der Waals surface area contributed by atoms with Gasteiger partial charge in [0.25, 0.3) is 5.91 Å². The first-order chi connectivity index (χ1) is 24.6. The second kappa shape index (κ2) is 15.7. The number of alkyl halides is 3. The van der Waals surface area contributed by atoms with E-state index in [1.54, 1.807) is 17.5 Å². The summed E-state index contributed by atoms with van der Waals surface area (Å²) in [5, 5.41) is 5.47. The fraction of sp³-hybridized carbons (Fsp3) is 0.462. The minimum Gasteiger partial charge on any atom is -0.364 e. The number of benzene rings is 2. The number of amides is 2. The van der Waals surface area contributed by atoms with Gasteiger partial charge in [-0.2, -0.15) is 13.2 Å². The molecule has 4 aromatic rings. The molecule has 0 saturated heterocycles. The number of hydrogen-bond acceptors (Lipinski definition) is 6. The highest BCUT2D eigenvalue weighted by Crippen LogP contribution is 2.42. The van der Waals surface area contributed by atoms with Gasteiger partial charge in [0.1, 0.15) is 22.8 Å². The van der Waals surface area contributed by atoms with Crippen molar-refractivity contribution in [1.82, 2.24) is 15.3 Å². The van der Waals surface area contributed by atoms with Crippen molar-refractivity contribution in [3.63, 3.8) is 0 Å². The average Bonchev–Trinajstić information content (AvgIpc) is 3.74. The Morgan fingerprint density at radius 3 is 2.37 bits per heavy atom. The lowest BCUT2D eigenvalue weighted by molar-refractivity contribution is -0.137. The number of para-hydroxylation sites is 1. The lowest BCUT2D eigenvalue weighted by Crippen LogP contribution is -2.59. The van der Waals surface area contributed by atoms with Gasteiger partial charge < -0.3 is 16.0 Å². The number of fused-ring (bicyclic) bond motifs is 3. The van der Waals surface area contributed by atoms with Crippen LogP contribution in [-0.2, 0) is 39.8 Å². The number of carbonyl (C=O) groups excluding carboxylic acids is 4. The van der Waals surface area contributed by atoms with Crippen LogP contribution in [0.4, 0.5) is 17.6 Å². The Labute approximate surface area is 304 Å². The molecule has 0 fully saturated rings. The molecule has 2 amide bonds. The number of aryl methyl sites for hydroxylation is 1. The fourth-order valence-corrected chi connectivity index (χ4v) is 8.28. The number of thiazole rings is 1. The number of aromatic nitrogens is 2. The van der Waals surface area contributed by atoms with Crippen LogP contribution >= 0.6 is 11.3 Å². The second-order valence-electron chi connectivity index (χ2n) is 14.1. The van der Waals surface area contributed by atoms with Gasteiger partial charge in [-0.25, -0.2) is 9.37 Å². The molecule has 13 heteroatoms. The molecule has 8 nitrogen and oxygen atoms in total. The molecular weight excluding hydrogens is 697 g/mol. The van der Waals surface area contributed by atoms with Gasteiger partial charge in [0.2, 0.25) is 5.91 Å². The number of nitrogens with two attached hydrogens (primary N) is 1. The number of aromatic amines is 1. The van der Waals surface area contributed by atoms with Gasteiger partial charge in [0.15, 0.2) is 5.78 Å². The SMILES string of the molecule is CC[C@H](C)[C@H](CC(=O)Cc1ccccc1F)C(=O)N[C@]1(C(=O)C[C@H](c2nc(C(N)=O)cs2)[C@@H](C)CC)CCc2[nH]c3c(C(F)(F)F)cccc3c2C1. The van der Waals surface area contributed by atoms with Gasteiger partial charge in [0.05, 0.1) is 16.1 Å². The Morgan fingerprint density at radius 1 is 1.02 bits per heavy atom. The van der Waals surface area contributed by atoms with Crippen LogP contribution in [0.5, 0.6) is 0 Å². The van der Waals surface area contributed by atoms with E-state index < -0.39 is 46.7 Å². The Kier molecular flexibility index (Phi) is 11.7. The molecule has 1 aliphatic rings. The van der Waals surface area contributed by atoms with E-state index >= 15 is 0 Å². The summed E-state index contributed by atoms with van der Waals surface area (Å²) in [7, 11) is 0. The topological polar surface area (TPSA) is 135 Å². The first kappa shape index (κ1) is 38.8.